The summed E-state index contributed by atoms with van der Waals surface area (Å²) in [6.07, 6.45) is -2.26. The van der Waals surface area contributed by atoms with Crippen LogP contribution in [0.3, 0.4) is 0 Å². The topological polar surface area (TPSA) is 173 Å². The van der Waals surface area contributed by atoms with Gasteiger partial charge in [0.15, 0.2) is 17.0 Å². The van der Waals surface area contributed by atoms with Crippen molar-refractivity contribution in [3.8, 4) is 11.5 Å². The van der Waals surface area contributed by atoms with E-state index in [0.717, 1.165) is 4.57 Å². The van der Waals surface area contributed by atoms with Gasteiger partial charge in [-0.05, 0) is 6.42 Å². The van der Waals surface area contributed by atoms with Crippen molar-refractivity contribution >= 4 is 11.2 Å². The molecule has 0 radical (unpaired) electrons. The third-order valence-electron chi connectivity index (χ3n) is 5.10. The summed E-state index contributed by atoms with van der Waals surface area (Å²) in [5.41, 5.74) is 0.0343. The number of aromatic nitrogens is 7. The van der Waals surface area contributed by atoms with Crippen molar-refractivity contribution in [1.29, 1.82) is 0 Å². The molecule has 29 heavy (non-hydrogen) atoms. The lowest BCUT2D eigenvalue weighted by Crippen LogP contribution is -2.41. The smallest absolute Gasteiger partial charge is 0.332 e. The SMILES string of the molecule is Cn1c(=O)c2nc(-c3cn(C[C@@H](O)[C@H](O)[C@H](O)CO)nn3)n3c2n(c1=O)CCC3. The van der Waals surface area contributed by atoms with Crippen LogP contribution in [0.1, 0.15) is 6.42 Å². The Balaban J connectivity index is 1.72. The Labute approximate surface area is 162 Å². The van der Waals surface area contributed by atoms with Crippen molar-refractivity contribution in [2.24, 2.45) is 7.05 Å². The first kappa shape index (κ1) is 19.4. The lowest BCUT2D eigenvalue weighted by atomic mass is 10.1. The number of aryl methyl sites for hydroxylation is 2. The molecule has 0 saturated carbocycles. The fourth-order valence-corrected chi connectivity index (χ4v) is 3.53. The van der Waals surface area contributed by atoms with Gasteiger partial charge in [-0.3, -0.25) is 13.9 Å². The highest BCUT2D eigenvalue weighted by Gasteiger charge is 2.27. The Kier molecular flexibility index (Phi) is 4.82. The second-order valence-corrected chi connectivity index (χ2v) is 7.04. The molecule has 0 fully saturated rings. The monoisotopic (exact) mass is 407 g/mol. The first-order valence-electron chi connectivity index (χ1n) is 9.09. The van der Waals surface area contributed by atoms with E-state index in [2.05, 4.69) is 15.3 Å². The molecule has 0 spiro atoms. The van der Waals surface area contributed by atoms with E-state index in [1.165, 1.54) is 22.5 Å². The molecule has 4 heterocycles. The summed E-state index contributed by atoms with van der Waals surface area (Å²) in [5.74, 6) is 0.368. The number of rotatable bonds is 6. The Bertz CT molecular complexity index is 1180. The lowest BCUT2D eigenvalue weighted by Gasteiger charge is -2.21. The minimum atomic E-state index is -1.56. The average Bonchev–Trinajstić information content (AvgIpc) is 3.34. The highest BCUT2D eigenvalue weighted by molar-refractivity contribution is 5.76. The maximum Gasteiger partial charge on any atom is 0.332 e. The van der Waals surface area contributed by atoms with Gasteiger partial charge in [-0.2, -0.15) is 0 Å². The predicted molar refractivity (Wildman–Crippen MR) is 98.0 cm³/mol. The number of aliphatic hydroxyl groups is 4. The maximum atomic E-state index is 12.5. The number of hydrogen-bond acceptors (Lipinski definition) is 9. The van der Waals surface area contributed by atoms with Crippen LogP contribution < -0.4 is 11.2 Å². The van der Waals surface area contributed by atoms with E-state index in [1.807, 2.05) is 0 Å². The molecule has 1 aliphatic rings. The molecule has 13 heteroatoms. The Hall–Kier alpha value is -2.87. The summed E-state index contributed by atoms with van der Waals surface area (Å²) < 4.78 is 5.54. The van der Waals surface area contributed by atoms with Crippen LogP contribution in [0.2, 0.25) is 0 Å². The van der Waals surface area contributed by atoms with Crippen LogP contribution in [-0.4, -0.2) is 79.0 Å². The molecule has 0 saturated heterocycles. The van der Waals surface area contributed by atoms with Crippen molar-refractivity contribution in [2.45, 2.75) is 44.4 Å². The molecule has 0 unspecified atom stereocenters. The van der Waals surface area contributed by atoms with Crippen LogP contribution in [0.4, 0.5) is 0 Å². The van der Waals surface area contributed by atoms with Gasteiger partial charge in [0, 0.05) is 20.1 Å². The van der Waals surface area contributed by atoms with Gasteiger partial charge in [-0.15, -0.1) is 5.10 Å². The van der Waals surface area contributed by atoms with E-state index in [1.54, 1.807) is 4.57 Å². The molecule has 0 aromatic carbocycles. The third-order valence-corrected chi connectivity index (χ3v) is 5.10. The van der Waals surface area contributed by atoms with Gasteiger partial charge in [0.05, 0.1) is 19.3 Å². The molecule has 156 valence electrons. The summed E-state index contributed by atoms with van der Waals surface area (Å²) in [4.78, 5) is 29.3. The highest BCUT2D eigenvalue weighted by Crippen LogP contribution is 2.24. The molecular formula is C16H21N7O6. The maximum absolute atomic E-state index is 12.5. The second kappa shape index (κ2) is 7.18. The van der Waals surface area contributed by atoms with Crippen LogP contribution in [0.5, 0.6) is 0 Å². The molecule has 3 aromatic rings. The zero-order chi connectivity index (χ0) is 20.9. The van der Waals surface area contributed by atoms with E-state index in [9.17, 15) is 24.9 Å². The van der Waals surface area contributed by atoms with Crippen molar-refractivity contribution in [3.05, 3.63) is 27.0 Å². The standard InChI is InChI=1S/C16H21N7O6/c1-20-15(28)11-14-22(3-2-4-23(14)16(20)29)13(17-11)8-5-21(19-18-8)6-9(25)12(27)10(26)7-24/h5,9-10,12,24-27H,2-4,6-7H2,1H3/t9-,10-,12+/m1/s1. The second-order valence-electron chi connectivity index (χ2n) is 7.04. The van der Waals surface area contributed by atoms with Gasteiger partial charge in [0.2, 0.25) is 0 Å². The average molecular weight is 407 g/mol. The van der Waals surface area contributed by atoms with Crippen molar-refractivity contribution < 1.29 is 20.4 Å². The zero-order valence-corrected chi connectivity index (χ0v) is 15.6. The summed E-state index contributed by atoms with van der Waals surface area (Å²) >= 11 is 0. The number of hydrogen-bond donors (Lipinski definition) is 4. The van der Waals surface area contributed by atoms with Gasteiger partial charge >= 0.3 is 5.69 Å². The van der Waals surface area contributed by atoms with Crippen LogP contribution >= 0.6 is 0 Å². The van der Waals surface area contributed by atoms with Crippen LogP contribution in [0.25, 0.3) is 22.7 Å². The minimum Gasteiger partial charge on any atom is -0.394 e. The molecular weight excluding hydrogens is 386 g/mol. The molecule has 13 nitrogen and oxygen atoms in total. The lowest BCUT2D eigenvalue weighted by molar-refractivity contribution is -0.0815. The third kappa shape index (κ3) is 3.07. The quantitative estimate of drug-likeness (QED) is 0.325. The molecule has 1 aliphatic heterocycles. The number of aliphatic hydroxyl groups excluding tert-OH is 4. The van der Waals surface area contributed by atoms with Crippen LogP contribution in [-0.2, 0) is 26.7 Å². The van der Waals surface area contributed by atoms with Crippen molar-refractivity contribution in [1.82, 2.24) is 33.7 Å². The van der Waals surface area contributed by atoms with Crippen LogP contribution in [0.15, 0.2) is 15.8 Å². The largest absolute Gasteiger partial charge is 0.394 e. The van der Waals surface area contributed by atoms with Gasteiger partial charge in [0.25, 0.3) is 5.56 Å². The number of imidazole rings is 1. The summed E-state index contributed by atoms with van der Waals surface area (Å²) in [6, 6.07) is 0. The Morgan fingerprint density at radius 1 is 1.14 bits per heavy atom. The Morgan fingerprint density at radius 2 is 1.86 bits per heavy atom. The number of nitrogens with zero attached hydrogens (tertiary/aromatic N) is 7. The highest BCUT2D eigenvalue weighted by atomic mass is 16.4. The van der Waals surface area contributed by atoms with E-state index >= 15 is 0 Å². The van der Waals surface area contributed by atoms with Gasteiger partial charge < -0.3 is 25.0 Å². The molecule has 0 bridgehead atoms. The summed E-state index contributed by atoms with van der Waals surface area (Å²) in [5, 5.41) is 46.0. The van der Waals surface area contributed by atoms with Crippen molar-refractivity contribution in [2.75, 3.05) is 6.61 Å². The molecule has 4 rings (SSSR count). The van der Waals surface area contributed by atoms with Crippen LogP contribution in [0, 0.1) is 0 Å². The molecule has 3 aromatic heterocycles. The Morgan fingerprint density at radius 3 is 2.59 bits per heavy atom. The van der Waals surface area contributed by atoms with E-state index in [-0.39, 0.29) is 12.1 Å². The van der Waals surface area contributed by atoms with E-state index < -0.39 is 36.2 Å². The fourth-order valence-electron chi connectivity index (χ4n) is 3.53. The van der Waals surface area contributed by atoms with Gasteiger partial charge in [-0.1, -0.05) is 5.21 Å². The van der Waals surface area contributed by atoms with E-state index in [4.69, 9.17) is 5.11 Å². The summed E-state index contributed by atoms with van der Waals surface area (Å²) in [7, 11) is 1.41. The van der Waals surface area contributed by atoms with Gasteiger partial charge in [0.1, 0.15) is 24.0 Å². The normalized spacial score (nSPS) is 16.9. The first-order valence-corrected chi connectivity index (χ1v) is 9.09. The minimum absolute atomic E-state index is 0.165. The van der Waals surface area contributed by atoms with Crippen molar-refractivity contribution in [3.63, 3.8) is 0 Å². The first-order chi connectivity index (χ1) is 13.8. The molecule has 0 aliphatic carbocycles. The summed E-state index contributed by atoms with van der Waals surface area (Å²) in [6.45, 7) is 0.160. The fraction of sp³-hybridized carbons (Fsp3) is 0.562. The molecule has 4 N–H and O–H groups in total. The van der Waals surface area contributed by atoms with Gasteiger partial charge in [-0.25, -0.2) is 14.5 Å². The predicted octanol–water partition coefficient (Wildman–Crippen LogP) is -3.37. The zero-order valence-electron chi connectivity index (χ0n) is 15.6. The molecule has 0 amide bonds. The van der Waals surface area contributed by atoms with E-state index in [0.29, 0.717) is 36.7 Å². The molecule has 3 atom stereocenters.